The Morgan fingerprint density at radius 2 is 1.96 bits per heavy atom. The first kappa shape index (κ1) is 20.9. The third-order valence-corrected chi connectivity index (χ3v) is 4.19. The van der Waals surface area contributed by atoms with Gasteiger partial charge in [0, 0.05) is 12.5 Å². The number of hydrogen-bond donors (Lipinski definition) is 2. The van der Waals surface area contributed by atoms with Crippen LogP contribution in [-0.2, 0) is 15.7 Å². The van der Waals surface area contributed by atoms with Gasteiger partial charge in [0.2, 0.25) is 0 Å². The first-order chi connectivity index (χ1) is 11.1. The van der Waals surface area contributed by atoms with E-state index >= 15 is 0 Å². The van der Waals surface area contributed by atoms with E-state index in [1.807, 2.05) is 24.3 Å². The van der Waals surface area contributed by atoms with Gasteiger partial charge in [-0.1, -0.05) is 25.0 Å². The Bertz CT molecular complexity index is 609. The van der Waals surface area contributed by atoms with E-state index < -0.39 is 15.7 Å². The molecule has 0 saturated heterocycles. The maximum absolute atomic E-state index is 11.2. The fourth-order valence-corrected chi connectivity index (χ4v) is 3.18. The molecule has 0 spiro atoms. The Morgan fingerprint density at radius 1 is 1.33 bits per heavy atom. The van der Waals surface area contributed by atoms with Crippen LogP contribution in [0.5, 0.6) is 5.75 Å². The second-order valence-electron chi connectivity index (χ2n) is 6.59. The minimum Gasteiger partial charge on any atom is -0.497 e. The molecule has 0 radical (unpaired) electrons. The molecular formula is C17H29NO5S. The molecule has 0 bridgehead atoms. The Morgan fingerprint density at radius 3 is 2.50 bits per heavy atom. The average Bonchev–Trinajstić information content (AvgIpc) is 2.48. The Labute approximate surface area is 145 Å². The first-order valence-corrected chi connectivity index (χ1v) is 9.85. The molecule has 0 amide bonds. The molecule has 7 heteroatoms. The molecular weight excluding hydrogens is 330 g/mol. The van der Waals surface area contributed by atoms with E-state index in [2.05, 4.69) is 19.0 Å². The van der Waals surface area contributed by atoms with Gasteiger partial charge in [-0.3, -0.25) is 4.55 Å². The summed E-state index contributed by atoms with van der Waals surface area (Å²) in [6, 6.07) is 7.90. The standard InChI is InChI=1S/C16H25NO2.CH4O3S/c1-17(2)12-14-7-4-5-10-16(14,18)13-8-6-9-15(11-13)19-3;1-5(2,3)4/h6,8-9,11,14,18H,4-5,7,10,12H2,1-3H3;1H3,(H,2,3,4)/t14-,16+;/m1./s1. The largest absolute Gasteiger partial charge is 0.497 e. The molecule has 1 aliphatic rings. The van der Waals surface area contributed by atoms with Crippen LogP contribution in [0, 0.1) is 5.92 Å². The maximum atomic E-state index is 11.2. The van der Waals surface area contributed by atoms with Gasteiger partial charge in [0.1, 0.15) is 5.75 Å². The summed E-state index contributed by atoms with van der Waals surface area (Å²) in [6.07, 6.45) is 4.96. The van der Waals surface area contributed by atoms with Gasteiger partial charge in [-0.05, 0) is 44.6 Å². The molecule has 1 saturated carbocycles. The zero-order valence-electron chi connectivity index (χ0n) is 14.9. The lowest BCUT2D eigenvalue weighted by Gasteiger charge is -2.41. The Balaban J connectivity index is 0.000000505. The molecule has 1 fully saturated rings. The average molecular weight is 359 g/mol. The lowest BCUT2D eigenvalue weighted by molar-refractivity contribution is -0.0619. The third-order valence-electron chi connectivity index (χ3n) is 4.19. The number of ether oxygens (including phenoxy) is 1. The van der Waals surface area contributed by atoms with E-state index in [1.54, 1.807) is 7.11 Å². The van der Waals surface area contributed by atoms with Gasteiger partial charge in [0.15, 0.2) is 0 Å². The molecule has 0 heterocycles. The summed E-state index contributed by atoms with van der Waals surface area (Å²) in [6.45, 7) is 0.924. The van der Waals surface area contributed by atoms with Crippen molar-refractivity contribution in [3.05, 3.63) is 29.8 Å². The number of aliphatic hydroxyl groups is 1. The van der Waals surface area contributed by atoms with E-state index in [0.29, 0.717) is 12.2 Å². The minimum atomic E-state index is -3.67. The molecule has 24 heavy (non-hydrogen) atoms. The number of benzene rings is 1. The van der Waals surface area contributed by atoms with Crippen molar-refractivity contribution in [3.8, 4) is 5.75 Å². The number of rotatable bonds is 4. The van der Waals surface area contributed by atoms with Crippen LogP contribution in [0.25, 0.3) is 0 Å². The lowest BCUT2D eigenvalue weighted by Crippen LogP contribution is -2.43. The van der Waals surface area contributed by atoms with Gasteiger partial charge in [-0.25, -0.2) is 0 Å². The van der Waals surface area contributed by atoms with Crippen LogP contribution >= 0.6 is 0 Å². The molecule has 138 valence electrons. The van der Waals surface area contributed by atoms with Crippen LogP contribution in [0.4, 0.5) is 0 Å². The van der Waals surface area contributed by atoms with Crippen molar-refractivity contribution in [2.24, 2.45) is 5.92 Å². The SMILES string of the molecule is COc1cccc([C@@]2(O)CCCC[C@@H]2CN(C)C)c1.CS(=O)(=O)O. The summed E-state index contributed by atoms with van der Waals surface area (Å²) in [5.41, 5.74) is 0.287. The van der Waals surface area contributed by atoms with Gasteiger partial charge >= 0.3 is 0 Å². The zero-order chi connectivity index (χ0) is 18.4. The van der Waals surface area contributed by atoms with Gasteiger partial charge in [0.25, 0.3) is 10.1 Å². The summed E-state index contributed by atoms with van der Waals surface area (Å²) in [5, 5.41) is 11.2. The van der Waals surface area contributed by atoms with Gasteiger partial charge in [0.05, 0.1) is 19.0 Å². The fourth-order valence-electron chi connectivity index (χ4n) is 3.18. The number of hydrogen-bond acceptors (Lipinski definition) is 5. The molecule has 0 aromatic heterocycles. The zero-order valence-corrected chi connectivity index (χ0v) is 15.7. The molecule has 1 aromatic rings. The van der Waals surface area contributed by atoms with Gasteiger partial charge in [-0.2, -0.15) is 8.42 Å². The van der Waals surface area contributed by atoms with Crippen LogP contribution in [0.3, 0.4) is 0 Å². The minimum absolute atomic E-state index is 0.295. The molecule has 0 aliphatic heterocycles. The predicted octanol–water partition coefficient (Wildman–Crippen LogP) is 2.14. The second kappa shape index (κ2) is 8.80. The Hall–Kier alpha value is -1.15. The summed E-state index contributed by atoms with van der Waals surface area (Å²) in [4.78, 5) is 2.17. The lowest BCUT2D eigenvalue weighted by atomic mass is 9.71. The topological polar surface area (TPSA) is 87.1 Å². The maximum Gasteiger partial charge on any atom is 0.261 e. The van der Waals surface area contributed by atoms with E-state index in [-0.39, 0.29) is 0 Å². The number of nitrogens with zero attached hydrogens (tertiary/aromatic N) is 1. The number of methoxy groups -OCH3 is 1. The molecule has 2 rings (SSSR count). The molecule has 0 unspecified atom stereocenters. The van der Waals surface area contributed by atoms with Crippen molar-refractivity contribution >= 4 is 10.1 Å². The molecule has 2 atom stereocenters. The molecule has 6 nitrogen and oxygen atoms in total. The Kier molecular flexibility index (Phi) is 7.66. The first-order valence-electron chi connectivity index (χ1n) is 8.00. The second-order valence-corrected chi connectivity index (χ2v) is 8.06. The summed E-state index contributed by atoms with van der Waals surface area (Å²) >= 11 is 0. The summed E-state index contributed by atoms with van der Waals surface area (Å²) in [7, 11) is 2.14. The highest BCUT2D eigenvalue weighted by Gasteiger charge is 2.40. The van der Waals surface area contributed by atoms with Crippen molar-refractivity contribution in [1.82, 2.24) is 4.90 Å². The van der Waals surface area contributed by atoms with Crippen molar-refractivity contribution in [1.29, 1.82) is 0 Å². The van der Waals surface area contributed by atoms with Crippen molar-refractivity contribution in [2.75, 3.05) is 34.0 Å². The smallest absolute Gasteiger partial charge is 0.261 e. The summed E-state index contributed by atoms with van der Waals surface area (Å²) < 4.78 is 31.2. The highest BCUT2D eigenvalue weighted by atomic mass is 32.2. The van der Waals surface area contributed by atoms with E-state index in [0.717, 1.165) is 37.1 Å². The van der Waals surface area contributed by atoms with Crippen LogP contribution in [0.15, 0.2) is 24.3 Å². The van der Waals surface area contributed by atoms with Crippen LogP contribution in [0.1, 0.15) is 31.2 Å². The van der Waals surface area contributed by atoms with Gasteiger partial charge in [-0.15, -0.1) is 0 Å². The van der Waals surface area contributed by atoms with Crippen molar-refractivity contribution < 1.29 is 22.8 Å². The van der Waals surface area contributed by atoms with E-state index in [1.165, 1.54) is 6.42 Å². The molecule has 1 aliphatic carbocycles. The highest BCUT2D eigenvalue weighted by Crippen LogP contribution is 2.42. The van der Waals surface area contributed by atoms with Crippen LogP contribution in [0.2, 0.25) is 0 Å². The van der Waals surface area contributed by atoms with E-state index in [9.17, 15) is 13.5 Å². The van der Waals surface area contributed by atoms with Crippen molar-refractivity contribution in [2.45, 2.75) is 31.3 Å². The van der Waals surface area contributed by atoms with Crippen molar-refractivity contribution in [3.63, 3.8) is 0 Å². The third kappa shape index (κ3) is 6.76. The predicted molar refractivity (Wildman–Crippen MR) is 94.9 cm³/mol. The van der Waals surface area contributed by atoms with E-state index in [4.69, 9.17) is 9.29 Å². The monoisotopic (exact) mass is 359 g/mol. The summed E-state index contributed by atoms with van der Waals surface area (Å²) in [5.74, 6) is 1.11. The quantitative estimate of drug-likeness (QED) is 0.801. The normalized spacial score (nSPS) is 24.2. The molecule has 2 N–H and O–H groups in total. The van der Waals surface area contributed by atoms with Crippen LogP contribution in [-0.4, -0.2) is 57.0 Å². The highest BCUT2D eigenvalue weighted by molar-refractivity contribution is 7.85. The molecule has 1 aromatic carbocycles. The fraction of sp³-hybridized carbons (Fsp3) is 0.647. The van der Waals surface area contributed by atoms with Crippen LogP contribution < -0.4 is 4.74 Å². The van der Waals surface area contributed by atoms with Gasteiger partial charge < -0.3 is 14.7 Å².